The Bertz CT molecular complexity index is 1570. The third kappa shape index (κ3) is 7.55. The van der Waals surface area contributed by atoms with Gasteiger partial charge in [-0.05, 0) is 67.5 Å². The smallest absolute Gasteiger partial charge is 0.324 e. The number of ether oxygens (including phenoxy) is 1. The summed E-state index contributed by atoms with van der Waals surface area (Å²) in [6, 6.07) is 27.3. The van der Waals surface area contributed by atoms with Gasteiger partial charge in [-0.1, -0.05) is 80.9 Å². The van der Waals surface area contributed by atoms with Crippen LogP contribution in [-0.4, -0.2) is 46.8 Å². The first-order chi connectivity index (χ1) is 21.1. The fourth-order valence-electron chi connectivity index (χ4n) is 5.64. The molecule has 3 aromatic carbocycles. The minimum absolute atomic E-state index is 0.0210. The number of carbonyl (C=O) groups excluding carboxylic acids is 2. The van der Waals surface area contributed by atoms with Crippen molar-refractivity contribution in [1.82, 2.24) is 14.7 Å². The van der Waals surface area contributed by atoms with Gasteiger partial charge in [-0.25, -0.2) is 9.48 Å². The van der Waals surface area contributed by atoms with E-state index in [9.17, 15) is 9.59 Å². The van der Waals surface area contributed by atoms with Gasteiger partial charge in [0.1, 0.15) is 5.82 Å². The quantitative estimate of drug-likeness (QED) is 0.225. The minimum Gasteiger partial charge on any atom is -0.367 e. The summed E-state index contributed by atoms with van der Waals surface area (Å²) in [5.41, 5.74) is 5.53. The second-order valence-corrected chi connectivity index (χ2v) is 12.7. The molecule has 0 saturated carbocycles. The van der Waals surface area contributed by atoms with Crippen LogP contribution in [0.25, 0.3) is 5.69 Å². The second kappa shape index (κ2) is 13.5. The summed E-state index contributed by atoms with van der Waals surface area (Å²) < 4.78 is 7.35. The number of rotatable bonds is 8. The van der Waals surface area contributed by atoms with Crippen LogP contribution in [0.3, 0.4) is 0 Å². The molecule has 4 aromatic rings. The molecule has 8 nitrogen and oxygen atoms in total. The number of amides is 3. The largest absolute Gasteiger partial charge is 0.367 e. The van der Waals surface area contributed by atoms with Crippen LogP contribution in [0.4, 0.5) is 16.3 Å². The highest BCUT2D eigenvalue weighted by molar-refractivity contribution is 5.99. The number of benzene rings is 3. The summed E-state index contributed by atoms with van der Waals surface area (Å²) in [7, 11) is 1.59. The van der Waals surface area contributed by atoms with Gasteiger partial charge in [-0.15, -0.1) is 0 Å². The number of hydrogen-bond acceptors (Lipinski definition) is 4. The Morgan fingerprint density at radius 2 is 1.64 bits per heavy atom. The van der Waals surface area contributed by atoms with Crippen LogP contribution in [-0.2, 0) is 21.4 Å². The maximum atomic E-state index is 13.2. The van der Waals surface area contributed by atoms with Gasteiger partial charge in [0.2, 0.25) is 0 Å². The van der Waals surface area contributed by atoms with E-state index in [4.69, 9.17) is 9.84 Å². The van der Waals surface area contributed by atoms with Gasteiger partial charge < -0.3 is 15.0 Å². The van der Waals surface area contributed by atoms with E-state index in [1.807, 2.05) is 90.7 Å². The monoisotopic (exact) mass is 593 g/mol. The molecule has 0 spiro atoms. The summed E-state index contributed by atoms with van der Waals surface area (Å²) in [5.74, 6) is 1.09. The van der Waals surface area contributed by atoms with Crippen LogP contribution in [0.15, 0.2) is 84.9 Å². The molecular formula is C36H43N5O3. The first-order valence-electron chi connectivity index (χ1n) is 15.3. The summed E-state index contributed by atoms with van der Waals surface area (Å²) in [6.07, 6.45) is 2.17. The first-order valence-corrected chi connectivity index (χ1v) is 15.3. The molecule has 0 bridgehead atoms. The Morgan fingerprint density at radius 1 is 0.932 bits per heavy atom. The molecule has 1 atom stereocenters. The van der Waals surface area contributed by atoms with Crippen LogP contribution in [0, 0.1) is 12.8 Å². The van der Waals surface area contributed by atoms with E-state index in [2.05, 4.69) is 37.5 Å². The molecule has 5 rings (SSSR count). The maximum Gasteiger partial charge on any atom is 0.324 e. The predicted octanol–water partition coefficient (Wildman–Crippen LogP) is 7.29. The lowest BCUT2D eigenvalue weighted by Crippen LogP contribution is -2.41. The number of urea groups is 1. The number of nitrogens with zero attached hydrogens (tertiary/aromatic N) is 3. The predicted molar refractivity (Wildman–Crippen MR) is 175 cm³/mol. The van der Waals surface area contributed by atoms with Crippen molar-refractivity contribution in [2.75, 3.05) is 30.8 Å². The van der Waals surface area contributed by atoms with Crippen molar-refractivity contribution in [3.8, 4) is 5.69 Å². The van der Waals surface area contributed by atoms with Crippen molar-refractivity contribution in [2.24, 2.45) is 5.92 Å². The lowest BCUT2D eigenvalue weighted by atomic mass is 9.89. The molecule has 230 valence electrons. The van der Waals surface area contributed by atoms with Gasteiger partial charge >= 0.3 is 6.03 Å². The number of nitrogens with one attached hydrogen (secondary N) is 2. The van der Waals surface area contributed by atoms with E-state index in [0.717, 1.165) is 53.0 Å². The normalized spacial score (nSPS) is 14.7. The second-order valence-electron chi connectivity index (χ2n) is 12.7. The third-order valence-corrected chi connectivity index (χ3v) is 8.20. The van der Waals surface area contributed by atoms with Crippen LogP contribution in [0.2, 0.25) is 0 Å². The number of likely N-dealkylation sites (tertiary alicyclic amines) is 1. The summed E-state index contributed by atoms with van der Waals surface area (Å²) in [5, 5.41) is 10.8. The number of aryl methyl sites for hydroxylation is 1. The van der Waals surface area contributed by atoms with Crippen molar-refractivity contribution in [2.45, 2.75) is 58.5 Å². The molecule has 1 saturated heterocycles. The van der Waals surface area contributed by atoms with Crippen molar-refractivity contribution in [3.63, 3.8) is 0 Å². The number of methoxy groups -OCH3 is 1. The molecule has 8 heteroatoms. The molecule has 0 unspecified atom stereocenters. The highest BCUT2D eigenvalue weighted by atomic mass is 16.5. The Kier molecular flexibility index (Phi) is 9.49. The zero-order chi connectivity index (χ0) is 31.3. The number of carbonyl (C=O) groups is 2. The molecule has 3 amide bonds. The fraction of sp³-hybridized carbons (Fsp3) is 0.361. The summed E-state index contributed by atoms with van der Waals surface area (Å²) in [4.78, 5) is 28.3. The Hall–Kier alpha value is -4.43. The zero-order valence-corrected chi connectivity index (χ0v) is 26.3. The van der Waals surface area contributed by atoms with Crippen molar-refractivity contribution in [3.05, 3.63) is 107 Å². The van der Waals surface area contributed by atoms with E-state index < -0.39 is 6.10 Å². The lowest BCUT2D eigenvalue weighted by Gasteiger charge is -2.34. The summed E-state index contributed by atoms with van der Waals surface area (Å²) in [6.45, 7) is 9.78. The number of hydrogen-bond donors (Lipinski definition) is 2. The van der Waals surface area contributed by atoms with Crippen molar-refractivity contribution >= 4 is 23.4 Å². The number of anilines is 2. The van der Waals surface area contributed by atoms with E-state index in [0.29, 0.717) is 24.8 Å². The fourth-order valence-corrected chi connectivity index (χ4v) is 5.64. The third-order valence-electron chi connectivity index (χ3n) is 8.20. The van der Waals surface area contributed by atoms with Gasteiger partial charge in [0.05, 0.1) is 11.4 Å². The van der Waals surface area contributed by atoms with E-state index in [1.165, 1.54) is 0 Å². The molecule has 1 aromatic heterocycles. The first kappa shape index (κ1) is 31.0. The van der Waals surface area contributed by atoms with Crippen LogP contribution in [0.1, 0.15) is 62.1 Å². The van der Waals surface area contributed by atoms with Gasteiger partial charge in [-0.3, -0.25) is 10.1 Å². The Labute approximate surface area is 260 Å². The Balaban J connectivity index is 1.19. The molecule has 2 heterocycles. The standard InChI is InChI=1S/C36H43N5O3/c1-25-14-16-30(17-15-25)41-32(24-31(39-41)36(2,3)4)38-35(43)37-29-13-9-10-27(23-29)22-26-18-20-40(21-19-26)34(42)33(44-5)28-11-7-6-8-12-28/h6-17,23-24,26,33H,18-22H2,1-5H3,(H2,37,38,43)/t33-/m1/s1. The highest BCUT2D eigenvalue weighted by Crippen LogP contribution is 2.28. The topological polar surface area (TPSA) is 88.5 Å². The molecule has 0 aliphatic carbocycles. The van der Waals surface area contributed by atoms with E-state index in [-0.39, 0.29) is 17.4 Å². The molecule has 1 aliphatic rings. The van der Waals surface area contributed by atoms with Gasteiger partial charge in [0, 0.05) is 37.4 Å². The summed E-state index contributed by atoms with van der Waals surface area (Å²) >= 11 is 0. The molecular weight excluding hydrogens is 550 g/mol. The lowest BCUT2D eigenvalue weighted by molar-refractivity contribution is -0.143. The number of aromatic nitrogens is 2. The van der Waals surface area contributed by atoms with Gasteiger partial charge in [0.15, 0.2) is 6.10 Å². The molecule has 2 N–H and O–H groups in total. The number of piperidine rings is 1. The van der Waals surface area contributed by atoms with Crippen LogP contribution < -0.4 is 10.6 Å². The molecule has 44 heavy (non-hydrogen) atoms. The van der Waals surface area contributed by atoms with E-state index in [1.54, 1.807) is 11.8 Å². The molecule has 0 radical (unpaired) electrons. The highest BCUT2D eigenvalue weighted by Gasteiger charge is 2.29. The average Bonchev–Trinajstić information content (AvgIpc) is 3.43. The van der Waals surface area contributed by atoms with Crippen molar-refractivity contribution < 1.29 is 14.3 Å². The van der Waals surface area contributed by atoms with Crippen LogP contribution >= 0.6 is 0 Å². The van der Waals surface area contributed by atoms with E-state index >= 15 is 0 Å². The Morgan fingerprint density at radius 3 is 2.30 bits per heavy atom. The van der Waals surface area contributed by atoms with Gasteiger partial charge in [0.25, 0.3) is 5.91 Å². The minimum atomic E-state index is -0.572. The molecule has 1 aliphatic heterocycles. The van der Waals surface area contributed by atoms with Crippen LogP contribution in [0.5, 0.6) is 0 Å². The molecule has 1 fully saturated rings. The van der Waals surface area contributed by atoms with Crippen molar-refractivity contribution in [1.29, 1.82) is 0 Å². The SMILES string of the molecule is CO[C@@H](C(=O)N1CCC(Cc2cccc(NC(=O)Nc3cc(C(C)(C)C)nn3-c3ccc(C)cc3)c2)CC1)c1ccccc1. The maximum absolute atomic E-state index is 13.2. The average molecular weight is 594 g/mol. The van der Waals surface area contributed by atoms with Gasteiger partial charge in [-0.2, -0.15) is 5.10 Å². The zero-order valence-electron chi connectivity index (χ0n) is 26.3.